The molecule has 0 fully saturated rings. The summed E-state index contributed by atoms with van der Waals surface area (Å²) in [7, 11) is 0. The van der Waals surface area contributed by atoms with E-state index in [-0.39, 0.29) is 5.11 Å². The van der Waals surface area contributed by atoms with Gasteiger partial charge in [0.2, 0.25) is 0 Å². The van der Waals surface area contributed by atoms with Crippen LogP contribution < -0.4 is 11.5 Å². The fourth-order valence-corrected chi connectivity index (χ4v) is 0. The van der Waals surface area contributed by atoms with Crippen molar-refractivity contribution in [3.63, 3.8) is 0 Å². The average molecular weight is 166 g/mol. The Morgan fingerprint density at radius 2 is 1.20 bits per heavy atom. The second kappa shape index (κ2) is 5.76. The first-order chi connectivity index (χ1) is 4.37. The molecule has 0 radical (unpaired) electrons. The van der Waals surface area contributed by atoms with Crippen LogP contribution in [0, 0.1) is 0 Å². The van der Waals surface area contributed by atoms with Gasteiger partial charge in [-0.05, 0) is 12.2 Å². The summed E-state index contributed by atoms with van der Waals surface area (Å²) in [5.74, 6) is -3.65. The maximum absolute atomic E-state index is 9.10. The van der Waals surface area contributed by atoms with Gasteiger partial charge in [-0.2, -0.15) is 0 Å². The Bertz CT molecular complexity index is 141. The number of carbonyl (C=O) groups is 2. The largest absolute Gasteiger partial charge is 0.473 e. The number of thiocarbonyl (C=S) groups is 1. The van der Waals surface area contributed by atoms with Crippen molar-refractivity contribution in [2.45, 2.75) is 0 Å². The molecular weight excluding hydrogens is 160 g/mol. The number of rotatable bonds is 0. The third-order valence-electron chi connectivity index (χ3n) is 0.183. The molecule has 0 aromatic heterocycles. The first kappa shape index (κ1) is 11.4. The molecule has 0 unspecified atom stereocenters. The Labute approximate surface area is 61.4 Å². The van der Waals surface area contributed by atoms with Crippen molar-refractivity contribution < 1.29 is 19.8 Å². The molecule has 0 saturated heterocycles. The van der Waals surface area contributed by atoms with Gasteiger partial charge >= 0.3 is 11.9 Å². The summed E-state index contributed by atoms with van der Waals surface area (Å²) in [4.78, 5) is 18.2. The average Bonchev–Trinajstić information content (AvgIpc) is 1.63. The lowest BCUT2D eigenvalue weighted by atomic mass is 10.7. The van der Waals surface area contributed by atoms with Gasteiger partial charge in [0.05, 0.1) is 0 Å². The van der Waals surface area contributed by atoms with E-state index in [1.165, 1.54) is 0 Å². The highest BCUT2D eigenvalue weighted by molar-refractivity contribution is 7.80. The van der Waals surface area contributed by atoms with E-state index in [0.29, 0.717) is 0 Å². The number of hydrogen-bond acceptors (Lipinski definition) is 3. The third kappa shape index (κ3) is 30.4. The molecule has 6 nitrogen and oxygen atoms in total. The minimum atomic E-state index is -1.82. The molecule has 7 heteroatoms. The van der Waals surface area contributed by atoms with Gasteiger partial charge in [0, 0.05) is 0 Å². The third-order valence-corrected chi connectivity index (χ3v) is 0.183. The van der Waals surface area contributed by atoms with E-state index in [9.17, 15) is 0 Å². The molecule has 0 aliphatic rings. The van der Waals surface area contributed by atoms with Crippen LogP contribution in [0.2, 0.25) is 0 Å². The zero-order chi connectivity index (χ0) is 8.73. The lowest BCUT2D eigenvalue weighted by Crippen LogP contribution is -2.18. The summed E-state index contributed by atoms with van der Waals surface area (Å²) in [6.45, 7) is 0. The van der Waals surface area contributed by atoms with Gasteiger partial charge in [-0.25, -0.2) is 9.59 Å². The van der Waals surface area contributed by atoms with Gasteiger partial charge < -0.3 is 21.7 Å². The number of aliphatic carboxylic acids is 2. The highest BCUT2D eigenvalue weighted by Crippen LogP contribution is 1.56. The maximum Gasteiger partial charge on any atom is 0.414 e. The van der Waals surface area contributed by atoms with Crippen LogP contribution in [0.4, 0.5) is 0 Å². The van der Waals surface area contributed by atoms with Crippen molar-refractivity contribution in [3.8, 4) is 0 Å². The summed E-state index contributed by atoms with van der Waals surface area (Å²) in [5.41, 5.74) is 9.24. The van der Waals surface area contributed by atoms with Crippen LogP contribution in [0.5, 0.6) is 0 Å². The van der Waals surface area contributed by atoms with Crippen LogP contribution in [-0.4, -0.2) is 27.3 Å². The van der Waals surface area contributed by atoms with Crippen LogP contribution in [0.25, 0.3) is 0 Å². The first-order valence-electron chi connectivity index (χ1n) is 1.89. The smallest absolute Gasteiger partial charge is 0.414 e. The van der Waals surface area contributed by atoms with E-state index in [1.807, 2.05) is 0 Å². The minimum absolute atomic E-state index is 0.000000000000000222. The van der Waals surface area contributed by atoms with Gasteiger partial charge in [-0.1, -0.05) is 0 Å². The van der Waals surface area contributed by atoms with Crippen molar-refractivity contribution in [2.24, 2.45) is 11.5 Å². The summed E-state index contributed by atoms with van der Waals surface area (Å²) in [6, 6.07) is 0. The lowest BCUT2D eigenvalue weighted by molar-refractivity contribution is -0.159. The Morgan fingerprint density at radius 3 is 1.20 bits per heavy atom. The molecule has 0 aromatic carbocycles. The molecule has 58 valence electrons. The number of carboxylic acids is 2. The molecule has 0 aliphatic heterocycles. The van der Waals surface area contributed by atoms with Crippen molar-refractivity contribution in [1.82, 2.24) is 0 Å². The summed E-state index contributed by atoms with van der Waals surface area (Å²) in [5, 5.41) is 14.8. The second-order valence-electron chi connectivity index (χ2n) is 1.01. The molecule has 0 bridgehead atoms. The molecule has 0 rings (SSSR count). The summed E-state index contributed by atoms with van der Waals surface area (Å²) >= 11 is 4.09. The van der Waals surface area contributed by atoms with Crippen LogP contribution in [0.15, 0.2) is 0 Å². The number of nitrogens with two attached hydrogens (primary N) is 2. The van der Waals surface area contributed by atoms with Crippen LogP contribution >= 0.6 is 12.2 Å². The fourth-order valence-electron chi connectivity index (χ4n) is 0. The van der Waals surface area contributed by atoms with E-state index >= 15 is 0 Å². The predicted octanol–water partition coefficient (Wildman–Crippen LogP) is -1.66. The molecular formula is C3H6N2O4S. The molecule has 10 heavy (non-hydrogen) atoms. The Balaban J connectivity index is 0. The predicted molar refractivity (Wildman–Crippen MR) is 36.2 cm³/mol. The lowest BCUT2D eigenvalue weighted by Gasteiger charge is -1.72. The minimum Gasteiger partial charge on any atom is -0.473 e. The molecule has 0 atom stereocenters. The van der Waals surface area contributed by atoms with E-state index in [2.05, 4.69) is 23.7 Å². The summed E-state index contributed by atoms with van der Waals surface area (Å²) in [6.07, 6.45) is 0. The molecule has 0 aromatic rings. The van der Waals surface area contributed by atoms with Crippen molar-refractivity contribution in [3.05, 3.63) is 0 Å². The highest BCUT2D eigenvalue weighted by Gasteiger charge is 2.04. The Morgan fingerprint density at radius 1 is 1.10 bits per heavy atom. The van der Waals surface area contributed by atoms with Gasteiger partial charge in [0.15, 0.2) is 5.11 Å². The monoisotopic (exact) mass is 166 g/mol. The molecule has 6 N–H and O–H groups in total. The van der Waals surface area contributed by atoms with Gasteiger partial charge in [-0.3, -0.25) is 0 Å². The zero-order valence-corrected chi connectivity index (χ0v) is 5.59. The fraction of sp³-hybridized carbons (Fsp3) is 0. The van der Waals surface area contributed by atoms with Gasteiger partial charge in [-0.15, -0.1) is 0 Å². The van der Waals surface area contributed by atoms with E-state index < -0.39 is 11.9 Å². The molecule has 0 spiro atoms. The summed E-state index contributed by atoms with van der Waals surface area (Å²) < 4.78 is 0. The maximum atomic E-state index is 9.10. The first-order valence-corrected chi connectivity index (χ1v) is 2.30. The standard InChI is InChI=1S/C2H2O4.CH4N2S/c3-1(4)2(5)6;2-1(3)4/h(H,3,4)(H,5,6);(H4,2,3,4). The quantitative estimate of drug-likeness (QED) is 0.250. The van der Waals surface area contributed by atoms with E-state index in [0.717, 1.165) is 0 Å². The van der Waals surface area contributed by atoms with E-state index in [4.69, 9.17) is 19.8 Å². The molecule has 0 saturated carbocycles. The van der Waals surface area contributed by atoms with Crippen LogP contribution in [0.3, 0.4) is 0 Å². The molecule has 0 amide bonds. The van der Waals surface area contributed by atoms with Crippen LogP contribution in [-0.2, 0) is 9.59 Å². The SMILES string of the molecule is NC(N)=S.O=C(O)C(=O)O. The van der Waals surface area contributed by atoms with Crippen molar-refractivity contribution in [1.29, 1.82) is 0 Å². The van der Waals surface area contributed by atoms with Crippen molar-refractivity contribution in [2.75, 3.05) is 0 Å². The van der Waals surface area contributed by atoms with Crippen molar-refractivity contribution >= 4 is 29.3 Å². The van der Waals surface area contributed by atoms with Gasteiger partial charge in [0.1, 0.15) is 0 Å². The topological polar surface area (TPSA) is 127 Å². The van der Waals surface area contributed by atoms with Crippen LogP contribution in [0.1, 0.15) is 0 Å². The molecule has 0 heterocycles. The highest BCUT2D eigenvalue weighted by atomic mass is 32.1. The zero-order valence-electron chi connectivity index (χ0n) is 4.77. The van der Waals surface area contributed by atoms with Gasteiger partial charge in [0.25, 0.3) is 0 Å². The second-order valence-corrected chi connectivity index (χ2v) is 1.48. The molecule has 0 aliphatic carbocycles. The number of carboxylic acid groups (broad SMARTS) is 2. The normalized spacial score (nSPS) is 6.80. The number of hydrogen-bond donors (Lipinski definition) is 4. The Kier molecular flexibility index (Phi) is 6.58. The Hall–Kier alpha value is -1.37. The van der Waals surface area contributed by atoms with E-state index in [1.54, 1.807) is 0 Å².